The van der Waals surface area contributed by atoms with E-state index in [0.717, 1.165) is 18.7 Å². The maximum Gasteiger partial charge on any atom is 0.230 e. The molecule has 1 fully saturated rings. The van der Waals surface area contributed by atoms with Gasteiger partial charge in [-0.25, -0.2) is 0 Å². The zero-order valence-electron chi connectivity index (χ0n) is 8.50. The first-order chi connectivity index (χ1) is 7.27. The zero-order valence-corrected chi connectivity index (χ0v) is 8.50. The Labute approximate surface area is 88.7 Å². The summed E-state index contributed by atoms with van der Waals surface area (Å²) >= 11 is 0. The van der Waals surface area contributed by atoms with Gasteiger partial charge in [-0.15, -0.1) is 0 Å². The van der Waals surface area contributed by atoms with Crippen LogP contribution in [-0.2, 0) is 0 Å². The van der Waals surface area contributed by atoms with Crippen molar-refractivity contribution >= 4 is 5.69 Å². The van der Waals surface area contributed by atoms with Crippen molar-refractivity contribution in [1.29, 1.82) is 0 Å². The van der Waals surface area contributed by atoms with Crippen molar-refractivity contribution in [2.45, 2.75) is 18.9 Å². The maximum absolute atomic E-state index is 10.7. The lowest BCUT2D eigenvalue weighted by atomic mass is 10.1. The first kappa shape index (κ1) is 9.96. The second kappa shape index (κ2) is 4.29. The second-order valence-electron chi connectivity index (χ2n) is 3.86. The van der Waals surface area contributed by atoms with E-state index in [0.29, 0.717) is 13.0 Å². The molecule has 0 amide bonds. The molecule has 0 radical (unpaired) electrons. The molecular formula is C11H14N2O2. The molecule has 1 atom stereocenters. The lowest BCUT2D eigenvalue weighted by molar-refractivity contribution is -0.521. The fourth-order valence-electron chi connectivity index (χ4n) is 2.00. The molecule has 0 N–H and O–H groups in total. The second-order valence-corrected chi connectivity index (χ2v) is 3.86. The molecule has 1 saturated heterocycles. The average Bonchev–Trinajstić information content (AvgIpc) is 2.30. The van der Waals surface area contributed by atoms with Gasteiger partial charge in [0.2, 0.25) is 6.04 Å². The van der Waals surface area contributed by atoms with Crippen LogP contribution >= 0.6 is 0 Å². The third-order valence-electron chi connectivity index (χ3n) is 2.82. The van der Waals surface area contributed by atoms with Crippen LogP contribution in [0.15, 0.2) is 30.3 Å². The molecule has 0 spiro atoms. The summed E-state index contributed by atoms with van der Waals surface area (Å²) in [4.78, 5) is 12.6. The van der Waals surface area contributed by atoms with Gasteiger partial charge in [-0.2, -0.15) is 0 Å². The molecule has 0 saturated carbocycles. The molecule has 1 unspecified atom stereocenters. The fraction of sp³-hybridized carbons (Fsp3) is 0.455. The summed E-state index contributed by atoms with van der Waals surface area (Å²) < 4.78 is 0. The number of hydrogen-bond donors (Lipinski definition) is 0. The molecule has 1 aromatic carbocycles. The van der Waals surface area contributed by atoms with Gasteiger partial charge in [0.25, 0.3) is 0 Å². The summed E-state index contributed by atoms with van der Waals surface area (Å²) in [5, 5.41) is 10.7. The number of para-hydroxylation sites is 1. The molecule has 80 valence electrons. The molecule has 15 heavy (non-hydrogen) atoms. The number of benzene rings is 1. The highest BCUT2D eigenvalue weighted by atomic mass is 16.6. The Morgan fingerprint density at radius 3 is 2.73 bits per heavy atom. The number of hydrogen-bond acceptors (Lipinski definition) is 3. The van der Waals surface area contributed by atoms with Gasteiger partial charge < -0.3 is 4.90 Å². The summed E-state index contributed by atoms with van der Waals surface area (Å²) in [7, 11) is 0. The van der Waals surface area contributed by atoms with E-state index in [1.165, 1.54) is 0 Å². The van der Waals surface area contributed by atoms with E-state index < -0.39 is 6.04 Å². The summed E-state index contributed by atoms with van der Waals surface area (Å²) in [6.07, 6.45) is 1.61. The third-order valence-corrected chi connectivity index (χ3v) is 2.82. The molecule has 1 heterocycles. The Kier molecular flexibility index (Phi) is 2.85. The van der Waals surface area contributed by atoms with Crippen LogP contribution in [0.2, 0.25) is 0 Å². The highest BCUT2D eigenvalue weighted by Crippen LogP contribution is 2.20. The normalized spacial score (nSPS) is 21.3. The Morgan fingerprint density at radius 1 is 1.33 bits per heavy atom. The van der Waals surface area contributed by atoms with Crippen LogP contribution in [0, 0.1) is 10.1 Å². The zero-order chi connectivity index (χ0) is 10.7. The predicted molar refractivity (Wildman–Crippen MR) is 58.7 cm³/mol. The molecule has 4 nitrogen and oxygen atoms in total. The minimum atomic E-state index is -0.404. The van der Waals surface area contributed by atoms with Gasteiger partial charge in [-0.05, 0) is 18.6 Å². The molecule has 1 aliphatic rings. The summed E-state index contributed by atoms with van der Waals surface area (Å²) in [5.74, 6) is 0. The smallest absolute Gasteiger partial charge is 0.230 e. The molecule has 1 aromatic rings. The molecule has 0 aromatic heterocycles. The van der Waals surface area contributed by atoms with Gasteiger partial charge in [0.05, 0.1) is 6.54 Å². The number of nitrogens with zero attached hydrogens (tertiary/aromatic N) is 2. The first-order valence-electron chi connectivity index (χ1n) is 5.21. The largest absolute Gasteiger partial charge is 0.365 e. The van der Waals surface area contributed by atoms with E-state index in [1.54, 1.807) is 0 Å². The van der Waals surface area contributed by atoms with Crippen LogP contribution in [0.1, 0.15) is 12.8 Å². The van der Waals surface area contributed by atoms with Gasteiger partial charge in [0.15, 0.2) is 0 Å². The van der Waals surface area contributed by atoms with Crippen molar-refractivity contribution in [3.63, 3.8) is 0 Å². The molecular weight excluding hydrogens is 192 g/mol. The van der Waals surface area contributed by atoms with Gasteiger partial charge in [0.1, 0.15) is 0 Å². The van der Waals surface area contributed by atoms with Crippen LogP contribution in [0.25, 0.3) is 0 Å². The Hall–Kier alpha value is -1.58. The Balaban J connectivity index is 2.08. The van der Waals surface area contributed by atoms with Gasteiger partial charge >= 0.3 is 0 Å². The number of anilines is 1. The first-order valence-corrected chi connectivity index (χ1v) is 5.21. The van der Waals surface area contributed by atoms with E-state index in [1.807, 2.05) is 30.3 Å². The number of rotatable bonds is 2. The number of nitro groups is 1. The monoisotopic (exact) mass is 206 g/mol. The summed E-state index contributed by atoms with van der Waals surface area (Å²) in [6.45, 7) is 1.46. The van der Waals surface area contributed by atoms with Crippen LogP contribution in [0.3, 0.4) is 0 Å². The van der Waals surface area contributed by atoms with E-state index in [-0.39, 0.29) is 4.92 Å². The van der Waals surface area contributed by atoms with Crippen LogP contribution < -0.4 is 4.90 Å². The van der Waals surface area contributed by atoms with Gasteiger partial charge in [-0.3, -0.25) is 10.1 Å². The highest BCUT2D eigenvalue weighted by molar-refractivity contribution is 5.46. The average molecular weight is 206 g/mol. The van der Waals surface area contributed by atoms with Crippen LogP contribution in [0.4, 0.5) is 5.69 Å². The molecule has 2 rings (SSSR count). The van der Waals surface area contributed by atoms with Crippen LogP contribution in [0.5, 0.6) is 0 Å². The Morgan fingerprint density at radius 2 is 2.07 bits per heavy atom. The SMILES string of the molecule is O=[N+]([O-])C1CCCN(c2ccccc2)C1. The minimum Gasteiger partial charge on any atom is -0.365 e. The van der Waals surface area contributed by atoms with E-state index in [2.05, 4.69) is 4.90 Å². The maximum atomic E-state index is 10.7. The lowest BCUT2D eigenvalue weighted by Gasteiger charge is -2.30. The van der Waals surface area contributed by atoms with Crippen molar-refractivity contribution in [2.24, 2.45) is 0 Å². The predicted octanol–water partition coefficient (Wildman–Crippen LogP) is 1.93. The van der Waals surface area contributed by atoms with Crippen LogP contribution in [-0.4, -0.2) is 24.1 Å². The molecule has 4 heteroatoms. The highest BCUT2D eigenvalue weighted by Gasteiger charge is 2.27. The third kappa shape index (κ3) is 2.26. The standard InChI is InChI=1S/C11H14N2O2/c14-13(15)11-7-4-8-12(9-11)10-5-2-1-3-6-10/h1-3,5-6,11H,4,7-9H2. The number of piperidine rings is 1. The minimum absolute atomic E-state index is 0.158. The topological polar surface area (TPSA) is 46.4 Å². The van der Waals surface area contributed by atoms with E-state index >= 15 is 0 Å². The summed E-state index contributed by atoms with van der Waals surface area (Å²) in [6, 6.07) is 9.48. The van der Waals surface area contributed by atoms with E-state index in [4.69, 9.17) is 0 Å². The van der Waals surface area contributed by atoms with Gasteiger partial charge in [-0.1, -0.05) is 18.2 Å². The van der Waals surface area contributed by atoms with Gasteiger partial charge in [0, 0.05) is 23.6 Å². The van der Waals surface area contributed by atoms with Crippen molar-refractivity contribution in [2.75, 3.05) is 18.0 Å². The quantitative estimate of drug-likeness (QED) is 0.548. The van der Waals surface area contributed by atoms with Crippen molar-refractivity contribution in [3.8, 4) is 0 Å². The molecule has 0 bridgehead atoms. The molecule has 1 aliphatic heterocycles. The van der Waals surface area contributed by atoms with Crippen molar-refractivity contribution < 1.29 is 4.92 Å². The molecule has 0 aliphatic carbocycles. The van der Waals surface area contributed by atoms with Crippen molar-refractivity contribution in [3.05, 3.63) is 40.4 Å². The van der Waals surface area contributed by atoms with Crippen molar-refractivity contribution in [1.82, 2.24) is 0 Å². The Bertz CT molecular complexity index is 340. The summed E-state index contributed by atoms with van der Waals surface area (Å²) in [5.41, 5.74) is 1.09. The fourth-order valence-corrected chi connectivity index (χ4v) is 2.00. The van der Waals surface area contributed by atoms with E-state index in [9.17, 15) is 10.1 Å². The lowest BCUT2D eigenvalue weighted by Crippen LogP contribution is -2.42.